The smallest absolute Gasteiger partial charge is 0.168 e. The topological polar surface area (TPSA) is 38.0 Å². The quantitative estimate of drug-likeness (QED) is 0.807. The zero-order chi connectivity index (χ0) is 14.8. The molecule has 0 radical (unpaired) electrons. The molecule has 0 atom stereocenters. The molecule has 2 rings (SSSR count). The van der Waals surface area contributed by atoms with Crippen LogP contribution in [0.2, 0.25) is 0 Å². The zero-order valence-corrected chi connectivity index (χ0v) is 12.9. The first-order valence-corrected chi connectivity index (χ1v) is 7.05. The molecular weight excluding hydrogens is 264 g/mol. The molecule has 2 aromatic rings. The summed E-state index contributed by atoms with van der Waals surface area (Å²) in [5.74, 6) is 0. The lowest BCUT2D eigenvalue weighted by Gasteiger charge is -2.22. The van der Waals surface area contributed by atoms with Gasteiger partial charge in [-0.3, -0.25) is 0 Å². The Balaban J connectivity index is 2.57. The second kappa shape index (κ2) is 5.63. The number of nitrogens with two attached hydrogens (primary N) is 1. The minimum Gasteiger partial charge on any atom is -0.376 e. The molecule has 2 nitrogen and oxygen atoms in total. The highest BCUT2D eigenvalue weighted by atomic mass is 32.1. The van der Waals surface area contributed by atoms with Gasteiger partial charge in [-0.15, -0.1) is 0 Å². The Hall–Kier alpha value is -1.87. The molecule has 0 bridgehead atoms. The molecule has 0 aliphatic rings. The third kappa shape index (κ3) is 3.36. The summed E-state index contributed by atoms with van der Waals surface area (Å²) < 4.78 is 0. The van der Waals surface area contributed by atoms with E-state index >= 15 is 0 Å². The molecule has 0 unspecified atom stereocenters. The second-order valence-corrected chi connectivity index (χ2v) is 6.31. The lowest BCUT2D eigenvalue weighted by molar-refractivity contribution is 0.590. The van der Waals surface area contributed by atoms with E-state index in [1.54, 1.807) is 0 Å². The van der Waals surface area contributed by atoms with E-state index in [2.05, 4.69) is 50.4 Å². The van der Waals surface area contributed by atoms with Crippen molar-refractivity contribution >= 4 is 23.0 Å². The standard InChI is InChI=1S/C17H20N2S/c1-17(2,3)13-9-10-15(19-16(18)20)14(11-13)12-7-5-4-6-8-12/h4-11H,1-3H3,(H3,18,19,20). The maximum absolute atomic E-state index is 5.62. The summed E-state index contributed by atoms with van der Waals surface area (Å²) in [6, 6.07) is 16.6. The Bertz CT molecular complexity index is 613. The Kier molecular flexibility index (Phi) is 4.09. The third-order valence-electron chi connectivity index (χ3n) is 3.23. The molecule has 0 aliphatic carbocycles. The van der Waals surface area contributed by atoms with E-state index in [4.69, 9.17) is 18.0 Å². The Labute approximate surface area is 126 Å². The number of hydrogen-bond acceptors (Lipinski definition) is 1. The van der Waals surface area contributed by atoms with Crippen LogP contribution >= 0.6 is 12.2 Å². The molecule has 0 saturated heterocycles. The highest BCUT2D eigenvalue weighted by Crippen LogP contribution is 2.33. The third-order valence-corrected chi connectivity index (χ3v) is 3.33. The molecule has 0 saturated carbocycles. The monoisotopic (exact) mass is 284 g/mol. The molecule has 0 heterocycles. The molecule has 20 heavy (non-hydrogen) atoms. The molecular formula is C17H20N2S. The van der Waals surface area contributed by atoms with Crippen molar-refractivity contribution in [2.24, 2.45) is 5.73 Å². The fourth-order valence-electron chi connectivity index (χ4n) is 2.11. The van der Waals surface area contributed by atoms with Crippen molar-refractivity contribution in [3.05, 3.63) is 54.1 Å². The molecule has 104 valence electrons. The van der Waals surface area contributed by atoms with Crippen LogP contribution in [0.3, 0.4) is 0 Å². The first kappa shape index (κ1) is 14.5. The van der Waals surface area contributed by atoms with Crippen LogP contribution in [0.4, 0.5) is 5.69 Å². The van der Waals surface area contributed by atoms with Gasteiger partial charge in [0.25, 0.3) is 0 Å². The summed E-state index contributed by atoms with van der Waals surface area (Å²) in [5.41, 5.74) is 10.2. The molecule has 0 aromatic heterocycles. The largest absolute Gasteiger partial charge is 0.376 e. The first-order valence-electron chi connectivity index (χ1n) is 6.64. The highest BCUT2D eigenvalue weighted by Gasteiger charge is 2.16. The maximum atomic E-state index is 5.62. The van der Waals surface area contributed by atoms with Crippen molar-refractivity contribution in [1.29, 1.82) is 0 Å². The molecule has 2 aromatic carbocycles. The summed E-state index contributed by atoms with van der Waals surface area (Å²) in [5, 5.41) is 3.34. The lowest BCUT2D eigenvalue weighted by Crippen LogP contribution is -2.20. The van der Waals surface area contributed by atoms with Gasteiger partial charge in [-0.25, -0.2) is 0 Å². The van der Waals surface area contributed by atoms with Crippen LogP contribution in [0.1, 0.15) is 26.3 Å². The van der Waals surface area contributed by atoms with Gasteiger partial charge in [-0.1, -0.05) is 57.2 Å². The molecule has 0 amide bonds. The maximum Gasteiger partial charge on any atom is 0.168 e. The highest BCUT2D eigenvalue weighted by molar-refractivity contribution is 7.80. The van der Waals surface area contributed by atoms with Crippen LogP contribution < -0.4 is 11.1 Å². The summed E-state index contributed by atoms with van der Waals surface area (Å²) in [6.45, 7) is 6.62. The molecule has 0 aliphatic heterocycles. The number of anilines is 1. The second-order valence-electron chi connectivity index (χ2n) is 5.87. The van der Waals surface area contributed by atoms with Gasteiger partial charge >= 0.3 is 0 Å². The minimum absolute atomic E-state index is 0.102. The van der Waals surface area contributed by atoms with E-state index in [1.165, 1.54) is 5.56 Å². The number of nitrogens with one attached hydrogen (secondary N) is 1. The fourth-order valence-corrected chi connectivity index (χ4v) is 2.22. The van der Waals surface area contributed by atoms with Gasteiger partial charge in [0.1, 0.15) is 0 Å². The minimum atomic E-state index is 0.102. The number of benzene rings is 2. The van der Waals surface area contributed by atoms with Crippen molar-refractivity contribution in [2.45, 2.75) is 26.2 Å². The molecule has 3 heteroatoms. The van der Waals surface area contributed by atoms with Gasteiger partial charge in [-0.2, -0.15) is 0 Å². The van der Waals surface area contributed by atoms with Crippen molar-refractivity contribution in [3.63, 3.8) is 0 Å². The predicted octanol–water partition coefficient (Wildman–Crippen LogP) is 4.31. The van der Waals surface area contributed by atoms with Gasteiger partial charge in [0.2, 0.25) is 0 Å². The average Bonchev–Trinajstić information content (AvgIpc) is 2.38. The van der Waals surface area contributed by atoms with E-state index in [1.807, 2.05) is 24.3 Å². The van der Waals surface area contributed by atoms with Crippen LogP contribution in [-0.2, 0) is 5.41 Å². The van der Waals surface area contributed by atoms with E-state index in [0.717, 1.165) is 16.8 Å². The van der Waals surface area contributed by atoms with Crippen LogP contribution in [0.15, 0.2) is 48.5 Å². The van der Waals surface area contributed by atoms with E-state index < -0.39 is 0 Å². The van der Waals surface area contributed by atoms with Gasteiger partial charge in [0.05, 0.1) is 0 Å². The van der Waals surface area contributed by atoms with Crippen molar-refractivity contribution < 1.29 is 0 Å². The van der Waals surface area contributed by atoms with Crippen LogP contribution in [0.5, 0.6) is 0 Å². The van der Waals surface area contributed by atoms with E-state index in [0.29, 0.717) is 0 Å². The molecule has 3 N–H and O–H groups in total. The van der Waals surface area contributed by atoms with Gasteiger partial charge < -0.3 is 11.1 Å². The summed E-state index contributed by atoms with van der Waals surface area (Å²) in [4.78, 5) is 0. The number of thiocarbonyl (C=S) groups is 1. The lowest BCUT2D eigenvalue weighted by atomic mass is 9.85. The van der Waals surface area contributed by atoms with Crippen LogP contribution in [-0.4, -0.2) is 5.11 Å². The Morgan fingerprint density at radius 3 is 2.25 bits per heavy atom. The van der Waals surface area contributed by atoms with Gasteiger partial charge in [-0.05, 0) is 40.9 Å². The fraction of sp³-hybridized carbons (Fsp3) is 0.235. The summed E-state index contributed by atoms with van der Waals surface area (Å²) >= 11 is 4.96. The van der Waals surface area contributed by atoms with Crippen molar-refractivity contribution in [2.75, 3.05) is 5.32 Å². The summed E-state index contributed by atoms with van der Waals surface area (Å²) in [7, 11) is 0. The zero-order valence-electron chi connectivity index (χ0n) is 12.1. The summed E-state index contributed by atoms with van der Waals surface area (Å²) in [6.07, 6.45) is 0. The predicted molar refractivity (Wildman–Crippen MR) is 91.0 cm³/mol. The first-order chi connectivity index (χ1) is 9.38. The van der Waals surface area contributed by atoms with Gasteiger partial charge in [0, 0.05) is 11.3 Å². The van der Waals surface area contributed by atoms with Crippen molar-refractivity contribution in [1.82, 2.24) is 0 Å². The molecule has 0 spiro atoms. The van der Waals surface area contributed by atoms with Crippen molar-refractivity contribution in [3.8, 4) is 11.1 Å². The SMILES string of the molecule is CC(C)(C)c1ccc(NC(N)=S)c(-c2ccccc2)c1. The average molecular weight is 284 g/mol. The number of hydrogen-bond donors (Lipinski definition) is 2. The Morgan fingerprint density at radius 2 is 1.70 bits per heavy atom. The molecule has 0 fully saturated rings. The van der Waals surface area contributed by atoms with E-state index in [-0.39, 0.29) is 10.5 Å². The van der Waals surface area contributed by atoms with E-state index in [9.17, 15) is 0 Å². The van der Waals surface area contributed by atoms with Crippen LogP contribution in [0.25, 0.3) is 11.1 Å². The number of rotatable bonds is 2. The normalized spacial score (nSPS) is 11.2. The Morgan fingerprint density at radius 1 is 1.05 bits per heavy atom. The van der Waals surface area contributed by atoms with Gasteiger partial charge in [0.15, 0.2) is 5.11 Å². The van der Waals surface area contributed by atoms with Crippen LogP contribution in [0, 0.1) is 0 Å².